The van der Waals surface area contributed by atoms with Gasteiger partial charge in [0, 0.05) is 30.2 Å². The van der Waals surface area contributed by atoms with Crippen molar-refractivity contribution in [2.75, 3.05) is 11.9 Å². The number of carbonyl (C=O) groups excluding carboxylic acids is 1. The predicted octanol–water partition coefficient (Wildman–Crippen LogP) is 2.41. The summed E-state index contributed by atoms with van der Waals surface area (Å²) in [6.07, 6.45) is 4.79. The van der Waals surface area contributed by atoms with E-state index < -0.39 is 10.0 Å². The van der Waals surface area contributed by atoms with Gasteiger partial charge in [-0.05, 0) is 36.8 Å². The maximum Gasteiger partial charge on any atom is 0.255 e. The second kappa shape index (κ2) is 7.85. The third kappa shape index (κ3) is 4.87. The Hall–Kier alpha value is -2.25. The minimum Gasteiger partial charge on any atom is -0.322 e. The van der Waals surface area contributed by atoms with Gasteiger partial charge in [0.25, 0.3) is 5.91 Å². The molecular weight excluding hydrogens is 314 g/mol. The van der Waals surface area contributed by atoms with Crippen LogP contribution in [-0.4, -0.2) is 25.9 Å². The molecule has 0 saturated heterocycles. The second-order valence-corrected chi connectivity index (χ2v) is 6.74. The third-order valence-electron chi connectivity index (χ3n) is 3.17. The molecule has 0 aliphatic heterocycles. The fraction of sp³-hybridized carbons (Fsp3) is 0.250. The van der Waals surface area contributed by atoms with Crippen molar-refractivity contribution >= 4 is 21.6 Å². The number of aromatic nitrogens is 1. The van der Waals surface area contributed by atoms with Crippen molar-refractivity contribution in [2.45, 2.75) is 24.7 Å². The van der Waals surface area contributed by atoms with E-state index in [1.807, 2.05) is 6.92 Å². The molecule has 2 N–H and O–H groups in total. The zero-order chi connectivity index (χ0) is 16.7. The van der Waals surface area contributed by atoms with E-state index in [9.17, 15) is 13.2 Å². The molecule has 1 amide bonds. The molecule has 0 atom stereocenters. The van der Waals surface area contributed by atoms with E-state index in [4.69, 9.17) is 0 Å². The zero-order valence-electron chi connectivity index (χ0n) is 12.8. The Balaban J connectivity index is 2.14. The first-order valence-electron chi connectivity index (χ1n) is 7.34. The van der Waals surface area contributed by atoms with Crippen LogP contribution in [0.2, 0.25) is 0 Å². The largest absolute Gasteiger partial charge is 0.322 e. The summed E-state index contributed by atoms with van der Waals surface area (Å²) in [5.41, 5.74) is 0.875. The summed E-state index contributed by atoms with van der Waals surface area (Å²) in [6.45, 7) is 2.37. The number of amides is 1. The third-order valence-corrected chi connectivity index (χ3v) is 4.63. The quantitative estimate of drug-likeness (QED) is 0.762. The van der Waals surface area contributed by atoms with Crippen LogP contribution in [0, 0.1) is 0 Å². The SMILES string of the molecule is CCCCNS(=O)(=O)c1cccc(C(=O)Nc2ccncc2)c1. The van der Waals surface area contributed by atoms with Gasteiger partial charge < -0.3 is 5.32 Å². The Morgan fingerprint density at radius 3 is 2.61 bits per heavy atom. The van der Waals surface area contributed by atoms with Gasteiger partial charge in [-0.15, -0.1) is 0 Å². The Bertz CT molecular complexity index is 761. The summed E-state index contributed by atoms with van der Waals surface area (Å²) >= 11 is 0. The normalized spacial score (nSPS) is 11.2. The summed E-state index contributed by atoms with van der Waals surface area (Å²) in [6, 6.07) is 9.27. The van der Waals surface area contributed by atoms with Crippen molar-refractivity contribution in [1.82, 2.24) is 9.71 Å². The molecule has 0 aliphatic rings. The number of hydrogen-bond donors (Lipinski definition) is 2. The lowest BCUT2D eigenvalue weighted by molar-refractivity contribution is 0.102. The molecule has 122 valence electrons. The lowest BCUT2D eigenvalue weighted by Crippen LogP contribution is -2.25. The Kier molecular flexibility index (Phi) is 5.84. The fourth-order valence-electron chi connectivity index (χ4n) is 1.91. The van der Waals surface area contributed by atoms with Crippen LogP contribution in [0.15, 0.2) is 53.7 Å². The summed E-state index contributed by atoms with van der Waals surface area (Å²) in [5, 5.41) is 2.70. The maximum absolute atomic E-state index is 12.2. The molecule has 0 bridgehead atoms. The predicted molar refractivity (Wildman–Crippen MR) is 88.7 cm³/mol. The molecule has 1 heterocycles. The number of benzene rings is 1. The molecule has 1 aromatic carbocycles. The maximum atomic E-state index is 12.2. The van der Waals surface area contributed by atoms with Crippen molar-refractivity contribution < 1.29 is 13.2 Å². The van der Waals surface area contributed by atoms with E-state index in [1.54, 1.807) is 36.7 Å². The fourth-order valence-corrected chi connectivity index (χ4v) is 3.03. The Morgan fingerprint density at radius 2 is 1.91 bits per heavy atom. The standard InChI is InChI=1S/C16H19N3O3S/c1-2-3-9-18-23(21,22)15-6-4-5-13(12-15)16(20)19-14-7-10-17-11-8-14/h4-8,10-12,18H,2-3,9H2,1H3,(H,17,19,20). The topological polar surface area (TPSA) is 88.2 Å². The van der Waals surface area contributed by atoms with Crippen molar-refractivity contribution in [3.63, 3.8) is 0 Å². The number of rotatable bonds is 7. The van der Waals surface area contributed by atoms with Crippen molar-refractivity contribution in [2.24, 2.45) is 0 Å². The van der Waals surface area contributed by atoms with Crippen LogP contribution in [-0.2, 0) is 10.0 Å². The highest BCUT2D eigenvalue weighted by Gasteiger charge is 2.15. The minimum absolute atomic E-state index is 0.0796. The molecule has 23 heavy (non-hydrogen) atoms. The highest BCUT2D eigenvalue weighted by molar-refractivity contribution is 7.89. The van der Waals surface area contributed by atoms with Crippen LogP contribution >= 0.6 is 0 Å². The number of nitrogens with zero attached hydrogens (tertiary/aromatic N) is 1. The molecular formula is C16H19N3O3S. The van der Waals surface area contributed by atoms with Gasteiger partial charge in [0.05, 0.1) is 4.90 Å². The molecule has 0 spiro atoms. The first kappa shape index (κ1) is 17.1. The first-order chi connectivity index (χ1) is 11.0. The minimum atomic E-state index is -3.60. The molecule has 0 radical (unpaired) electrons. The second-order valence-electron chi connectivity index (χ2n) is 4.97. The van der Waals surface area contributed by atoms with Crippen LogP contribution in [0.3, 0.4) is 0 Å². The first-order valence-corrected chi connectivity index (χ1v) is 8.82. The molecule has 0 fully saturated rings. The molecule has 1 aromatic heterocycles. The van der Waals surface area contributed by atoms with Gasteiger partial charge >= 0.3 is 0 Å². The number of unbranched alkanes of at least 4 members (excludes halogenated alkanes) is 1. The Morgan fingerprint density at radius 1 is 1.17 bits per heavy atom. The summed E-state index contributed by atoms with van der Waals surface area (Å²) in [5.74, 6) is -0.373. The van der Waals surface area contributed by atoms with Crippen LogP contribution in [0.1, 0.15) is 30.1 Å². The highest BCUT2D eigenvalue weighted by Crippen LogP contribution is 2.13. The van der Waals surface area contributed by atoms with Gasteiger partial charge in [0.1, 0.15) is 0 Å². The number of pyridine rings is 1. The van der Waals surface area contributed by atoms with Crippen LogP contribution in [0.5, 0.6) is 0 Å². The smallest absolute Gasteiger partial charge is 0.255 e. The van der Waals surface area contributed by atoms with E-state index in [1.165, 1.54) is 12.1 Å². The summed E-state index contributed by atoms with van der Waals surface area (Å²) in [4.78, 5) is 16.2. The number of hydrogen-bond acceptors (Lipinski definition) is 4. The van der Waals surface area contributed by atoms with Crippen molar-refractivity contribution in [3.05, 3.63) is 54.4 Å². The molecule has 0 aliphatic carbocycles. The molecule has 2 rings (SSSR count). The Labute approximate surface area is 136 Å². The average molecular weight is 333 g/mol. The van der Waals surface area contributed by atoms with E-state index in [-0.39, 0.29) is 16.4 Å². The van der Waals surface area contributed by atoms with Crippen molar-refractivity contribution in [3.8, 4) is 0 Å². The van der Waals surface area contributed by atoms with Gasteiger partial charge in [0.2, 0.25) is 10.0 Å². The summed E-state index contributed by atoms with van der Waals surface area (Å²) < 4.78 is 26.9. The number of nitrogens with one attached hydrogen (secondary N) is 2. The van der Waals surface area contributed by atoms with E-state index in [0.29, 0.717) is 12.2 Å². The van der Waals surface area contributed by atoms with Crippen molar-refractivity contribution in [1.29, 1.82) is 0 Å². The molecule has 6 nitrogen and oxygen atoms in total. The number of carbonyl (C=O) groups is 1. The van der Waals surface area contributed by atoms with E-state index >= 15 is 0 Å². The molecule has 0 unspecified atom stereocenters. The molecule has 2 aromatic rings. The van der Waals surface area contributed by atoms with Crippen LogP contribution in [0.4, 0.5) is 5.69 Å². The van der Waals surface area contributed by atoms with E-state index in [2.05, 4.69) is 15.0 Å². The van der Waals surface area contributed by atoms with Gasteiger partial charge in [-0.2, -0.15) is 0 Å². The van der Waals surface area contributed by atoms with Gasteiger partial charge in [-0.3, -0.25) is 9.78 Å². The summed E-state index contributed by atoms with van der Waals surface area (Å²) in [7, 11) is -3.60. The van der Waals surface area contributed by atoms with Crippen LogP contribution in [0.25, 0.3) is 0 Å². The lowest BCUT2D eigenvalue weighted by Gasteiger charge is -2.08. The highest BCUT2D eigenvalue weighted by atomic mass is 32.2. The lowest BCUT2D eigenvalue weighted by atomic mass is 10.2. The van der Waals surface area contributed by atoms with Crippen LogP contribution < -0.4 is 10.0 Å². The number of sulfonamides is 1. The molecule has 0 saturated carbocycles. The average Bonchev–Trinajstić information content (AvgIpc) is 2.56. The monoisotopic (exact) mass is 333 g/mol. The van der Waals surface area contributed by atoms with Gasteiger partial charge in [-0.25, -0.2) is 13.1 Å². The molecule has 7 heteroatoms. The van der Waals surface area contributed by atoms with Gasteiger partial charge in [-0.1, -0.05) is 19.4 Å². The number of anilines is 1. The zero-order valence-corrected chi connectivity index (χ0v) is 13.6. The van der Waals surface area contributed by atoms with Gasteiger partial charge in [0.15, 0.2) is 0 Å². The van der Waals surface area contributed by atoms with E-state index in [0.717, 1.165) is 12.8 Å².